The topological polar surface area (TPSA) is 59.9 Å². The quantitative estimate of drug-likeness (QED) is 0.459. The molecule has 0 heterocycles. The highest BCUT2D eigenvalue weighted by Crippen LogP contribution is 2.22. The summed E-state index contributed by atoms with van der Waals surface area (Å²) in [5.74, 6) is 1.20. The number of hydrogen-bond donors (Lipinski definition) is 1. The largest absolute Gasteiger partial charge is 0.489 e. The summed E-state index contributed by atoms with van der Waals surface area (Å²) in [6.07, 6.45) is 1.58. The van der Waals surface area contributed by atoms with Gasteiger partial charge >= 0.3 is 0 Å². The maximum absolute atomic E-state index is 11.9. The van der Waals surface area contributed by atoms with Crippen LogP contribution in [0.25, 0.3) is 0 Å². The lowest BCUT2D eigenvalue weighted by Crippen LogP contribution is -2.25. The molecule has 0 saturated carbocycles. The van der Waals surface area contributed by atoms with Gasteiger partial charge in [-0.15, -0.1) is 0 Å². The molecule has 3 aromatic rings. The van der Waals surface area contributed by atoms with Gasteiger partial charge in [0.2, 0.25) is 0 Å². The highest BCUT2D eigenvalue weighted by atomic mass is 16.5. The van der Waals surface area contributed by atoms with E-state index in [1.54, 1.807) is 6.21 Å². The van der Waals surface area contributed by atoms with Crippen LogP contribution in [-0.4, -0.2) is 18.7 Å². The molecular formula is C24H24N2O3. The Morgan fingerprint density at radius 2 is 1.59 bits per heavy atom. The summed E-state index contributed by atoms with van der Waals surface area (Å²) in [6.45, 7) is 4.33. The summed E-state index contributed by atoms with van der Waals surface area (Å²) in [5.41, 5.74) is 6.44. The van der Waals surface area contributed by atoms with Gasteiger partial charge in [0.05, 0.1) is 6.21 Å². The molecule has 0 spiro atoms. The Morgan fingerprint density at radius 1 is 0.897 bits per heavy atom. The molecule has 29 heavy (non-hydrogen) atoms. The van der Waals surface area contributed by atoms with Gasteiger partial charge in [-0.1, -0.05) is 48.5 Å². The summed E-state index contributed by atoms with van der Waals surface area (Å²) in [7, 11) is 0. The number of nitrogens with one attached hydrogen (secondary N) is 1. The number of hydrogen-bond acceptors (Lipinski definition) is 4. The number of rotatable bonds is 8. The molecule has 3 aromatic carbocycles. The second-order valence-electron chi connectivity index (χ2n) is 6.65. The van der Waals surface area contributed by atoms with Gasteiger partial charge in [0.1, 0.15) is 18.1 Å². The molecule has 0 radical (unpaired) electrons. The molecule has 0 aliphatic rings. The fourth-order valence-electron chi connectivity index (χ4n) is 2.77. The summed E-state index contributed by atoms with van der Waals surface area (Å²) >= 11 is 0. The van der Waals surface area contributed by atoms with Crippen molar-refractivity contribution >= 4 is 12.1 Å². The minimum Gasteiger partial charge on any atom is -0.489 e. The number of hydrazone groups is 1. The highest BCUT2D eigenvalue weighted by molar-refractivity contribution is 5.83. The van der Waals surface area contributed by atoms with Gasteiger partial charge < -0.3 is 9.47 Å². The van der Waals surface area contributed by atoms with Gasteiger partial charge in [-0.2, -0.15) is 5.10 Å². The smallest absolute Gasteiger partial charge is 0.277 e. The number of carbonyl (C=O) groups is 1. The van der Waals surface area contributed by atoms with Gasteiger partial charge in [-0.05, 0) is 60.4 Å². The van der Waals surface area contributed by atoms with Crippen molar-refractivity contribution in [3.63, 3.8) is 0 Å². The summed E-state index contributed by atoms with van der Waals surface area (Å²) in [4.78, 5) is 11.9. The number of carbonyl (C=O) groups excluding carboxylic acids is 1. The Kier molecular flexibility index (Phi) is 7.00. The van der Waals surface area contributed by atoms with E-state index in [0.29, 0.717) is 6.61 Å². The van der Waals surface area contributed by atoms with E-state index in [0.717, 1.165) is 33.8 Å². The standard InChI is InChI=1S/C24H24N2O3/c1-18-7-6-8-19(2)24(18)29-17-23(27)26-25-15-20-11-13-22(14-12-20)28-16-21-9-4-3-5-10-21/h3-15H,16-17H2,1-2H3,(H,26,27)/b25-15+. The summed E-state index contributed by atoms with van der Waals surface area (Å²) < 4.78 is 11.4. The minimum atomic E-state index is -0.313. The fraction of sp³-hybridized carbons (Fsp3) is 0.167. The van der Waals surface area contributed by atoms with Crippen LogP contribution in [0.5, 0.6) is 11.5 Å². The minimum absolute atomic E-state index is 0.0880. The predicted octanol–water partition coefficient (Wildman–Crippen LogP) is 4.41. The zero-order chi connectivity index (χ0) is 20.5. The maximum atomic E-state index is 11.9. The molecule has 0 unspecified atom stereocenters. The van der Waals surface area contributed by atoms with Crippen LogP contribution in [0.4, 0.5) is 0 Å². The van der Waals surface area contributed by atoms with Crippen molar-refractivity contribution in [3.8, 4) is 11.5 Å². The van der Waals surface area contributed by atoms with Gasteiger partial charge in [-0.25, -0.2) is 5.43 Å². The van der Waals surface area contributed by atoms with Crippen molar-refractivity contribution in [2.24, 2.45) is 5.10 Å². The lowest BCUT2D eigenvalue weighted by Gasteiger charge is -2.10. The van der Waals surface area contributed by atoms with E-state index >= 15 is 0 Å². The van der Waals surface area contributed by atoms with Crippen LogP contribution in [-0.2, 0) is 11.4 Å². The monoisotopic (exact) mass is 388 g/mol. The van der Waals surface area contributed by atoms with E-state index in [2.05, 4.69) is 10.5 Å². The van der Waals surface area contributed by atoms with E-state index in [-0.39, 0.29) is 12.5 Å². The van der Waals surface area contributed by atoms with Crippen LogP contribution >= 0.6 is 0 Å². The Balaban J connectivity index is 1.44. The van der Waals surface area contributed by atoms with Crippen LogP contribution in [0.15, 0.2) is 77.9 Å². The van der Waals surface area contributed by atoms with E-state index in [1.165, 1.54) is 0 Å². The normalized spacial score (nSPS) is 10.7. The number of para-hydroxylation sites is 1. The Morgan fingerprint density at radius 3 is 2.28 bits per heavy atom. The van der Waals surface area contributed by atoms with E-state index in [9.17, 15) is 4.79 Å². The Hall–Kier alpha value is -3.60. The second kappa shape index (κ2) is 10.1. The maximum Gasteiger partial charge on any atom is 0.277 e. The second-order valence-corrected chi connectivity index (χ2v) is 6.65. The van der Waals surface area contributed by atoms with Gasteiger partial charge in [0.15, 0.2) is 6.61 Å². The van der Waals surface area contributed by atoms with Crippen molar-refractivity contribution in [1.29, 1.82) is 0 Å². The van der Waals surface area contributed by atoms with Crippen molar-refractivity contribution in [2.45, 2.75) is 20.5 Å². The van der Waals surface area contributed by atoms with Crippen molar-refractivity contribution in [3.05, 3.63) is 95.1 Å². The first-order valence-corrected chi connectivity index (χ1v) is 9.39. The van der Waals surface area contributed by atoms with E-state index in [4.69, 9.17) is 9.47 Å². The Bertz CT molecular complexity index is 947. The molecule has 0 aromatic heterocycles. The molecule has 5 nitrogen and oxygen atoms in total. The predicted molar refractivity (Wildman–Crippen MR) is 114 cm³/mol. The van der Waals surface area contributed by atoms with Crippen LogP contribution < -0.4 is 14.9 Å². The number of aryl methyl sites for hydroxylation is 2. The zero-order valence-corrected chi connectivity index (χ0v) is 16.6. The first-order valence-electron chi connectivity index (χ1n) is 9.39. The van der Waals surface area contributed by atoms with Crippen LogP contribution in [0.2, 0.25) is 0 Å². The zero-order valence-electron chi connectivity index (χ0n) is 16.6. The van der Waals surface area contributed by atoms with Crippen molar-refractivity contribution < 1.29 is 14.3 Å². The molecule has 5 heteroatoms. The van der Waals surface area contributed by atoms with Crippen LogP contribution in [0.3, 0.4) is 0 Å². The van der Waals surface area contributed by atoms with Crippen molar-refractivity contribution in [1.82, 2.24) is 5.43 Å². The third-order valence-corrected chi connectivity index (χ3v) is 4.29. The number of benzene rings is 3. The summed E-state index contributed by atoms with van der Waals surface area (Å²) in [5, 5.41) is 3.98. The highest BCUT2D eigenvalue weighted by Gasteiger charge is 2.06. The summed E-state index contributed by atoms with van der Waals surface area (Å²) in [6, 6.07) is 23.4. The average Bonchev–Trinajstić information content (AvgIpc) is 2.73. The molecule has 0 aliphatic carbocycles. The van der Waals surface area contributed by atoms with Gasteiger partial charge in [-0.3, -0.25) is 4.79 Å². The van der Waals surface area contributed by atoms with Gasteiger partial charge in [0, 0.05) is 0 Å². The Labute approximate surface area is 171 Å². The van der Waals surface area contributed by atoms with Crippen molar-refractivity contribution in [2.75, 3.05) is 6.61 Å². The number of amides is 1. The molecule has 3 rings (SSSR count). The lowest BCUT2D eigenvalue weighted by molar-refractivity contribution is -0.123. The number of ether oxygens (including phenoxy) is 2. The molecule has 1 N–H and O–H groups in total. The average molecular weight is 388 g/mol. The van der Waals surface area contributed by atoms with Crippen LogP contribution in [0, 0.1) is 13.8 Å². The number of nitrogens with zero attached hydrogens (tertiary/aromatic N) is 1. The molecular weight excluding hydrogens is 364 g/mol. The molecule has 0 saturated heterocycles. The van der Waals surface area contributed by atoms with Crippen LogP contribution in [0.1, 0.15) is 22.3 Å². The third kappa shape index (κ3) is 6.21. The lowest BCUT2D eigenvalue weighted by atomic mass is 10.1. The molecule has 0 atom stereocenters. The first kappa shape index (κ1) is 20.1. The molecule has 0 fully saturated rings. The molecule has 148 valence electrons. The third-order valence-electron chi connectivity index (χ3n) is 4.29. The molecule has 0 aliphatic heterocycles. The molecule has 0 bridgehead atoms. The molecule has 1 amide bonds. The van der Waals surface area contributed by atoms with E-state index < -0.39 is 0 Å². The first-order chi connectivity index (χ1) is 14.1. The van der Waals surface area contributed by atoms with Gasteiger partial charge in [0.25, 0.3) is 5.91 Å². The van der Waals surface area contributed by atoms with E-state index in [1.807, 2.05) is 86.6 Å². The SMILES string of the molecule is Cc1cccc(C)c1OCC(=O)N/N=C/c1ccc(OCc2ccccc2)cc1. The fourth-order valence-corrected chi connectivity index (χ4v) is 2.77.